The van der Waals surface area contributed by atoms with Crippen LogP contribution in [-0.4, -0.2) is 28.0 Å². The van der Waals surface area contributed by atoms with Gasteiger partial charge in [0.2, 0.25) is 0 Å². The van der Waals surface area contributed by atoms with E-state index in [1.807, 2.05) is 0 Å². The smallest absolute Gasteiger partial charge is 0.197 e. The number of phenolic OH excluding ortho intramolecular Hbond substituents is 2. The fraction of sp³-hybridized carbons (Fsp3) is 0.286. The van der Waals surface area contributed by atoms with Crippen molar-refractivity contribution in [3.63, 3.8) is 0 Å². The van der Waals surface area contributed by atoms with Crippen LogP contribution in [0.25, 0.3) is 22.3 Å². The topological polar surface area (TPSA) is 100 Å². The monoisotopic (exact) mass is 404 g/mol. The number of phenols is 2. The third kappa shape index (κ3) is 3.93. The molecule has 0 radical (unpaired) electrons. The van der Waals surface area contributed by atoms with Crippen molar-refractivity contribution < 1.29 is 24.5 Å². The van der Waals surface area contributed by atoms with E-state index in [0.717, 1.165) is 6.07 Å². The van der Waals surface area contributed by atoms with Crippen LogP contribution in [-0.2, 0) is 6.42 Å². The summed E-state index contributed by atoms with van der Waals surface area (Å²) in [5.74, 6) is 0.0848. The third-order valence-corrected chi connectivity index (χ3v) is 4.80. The van der Waals surface area contributed by atoms with Gasteiger partial charge in [0.1, 0.15) is 34.0 Å². The molecule has 0 aliphatic rings. The van der Waals surface area contributed by atoms with Crippen LogP contribution in [0.4, 0.5) is 0 Å². The summed E-state index contributed by atoms with van der Waals surface area (Å²) >= 11 is 6.05. The first kappa shape index (κ1) is 20.0. The van der Waals surface area contributed by atoms with Crippen LogP contribution in [0.15, 0.2) is 39.5 Å². The van der Waals surface area contributed by atoms with Gasteiger partial charge in [-0.15, -0.1) is 0 Å². The zero-order valence-corrected chi connectivity index (χ0v) is 16.5. The SMILES string of the molecule is COc1cc(-c2cc(=O)c3c(O)cc(O)c(CCC(C)(C)O)c3o2)ccc1Cl. The predicted molar refractivity (Wildman–Crippen MR) is 107 cm³/mol. The number of aryl methyl sites for hydroxylation is 1. The van der Waals surface area contributed by atoms with Gasteiger partial charge in [-0.1, -0.05) is 11.6 Å². The Morgan fingerprint density at radius 3 is 2.50 bits per heavy atom. The summed E-state index contributed by atoms with van der Waals surface area (Å²) in [6.45, 7) is 3.29. The summed E-state index contributed by atoms with van der Waals surface area (Å²) in [5, 5.41) is 30.9. The predicted octanol–water partition coefficient (Wildman–Crippen LogP) is 4.24. The second-order valence-electron chi connectivity index (χ2n) is 7.23. The highest BCUT2D eigenvalue weighted by Gasteiger charge is 2.21. The molecule has 1 heterocycles. The first-order valence-corrected chi connectivity index (χ1v) is 9.06. The van der Waals surface area contributed by atoms with Gasteiger partial charge in [-0.3, -0.25) is 4.79 Å². The highest BCUT2D eigenvalue weighted by molar-refractivity contribution is 6.32. The number of fused-ring (bicyclic) bond motifs is 1. The largest absolute Gasteiger partial charge is 0.507 e. The van der Waals surface area contributed by atoms with E-state index in [-0.39, 0.29) is 34.6 Å². The van der Waals surface area contributed by atoms with E-state index in [1.54, 1.807) is 32.0 Å². The number of ether oxygens (including phenoxy) is 1. The van der Waals surface area contributed by atoms with Gasteiger partial charge in [-0.25, -0.2) is 0 Å². The Kier molecular flexibility index (Phi) is 5.28. The fourth-order valence-electron chi connectivity index (χ4n) is 2.98. The molecule has 0 amide bonds. The molecule has 7 heteroatoms. The Hall–Kier alpha value is -2.70. The van der Waals surface area contributed by atoms with E-state index in [2.05, 4.69) is 0 Å². The molecular weight excluding hydrogens is 384 g/mol. The lowest BCUT2D eigenvalue weighted by Crippen LogP contribution is -2.19. The summed E-state index contributed by atoms with van der Waals surface area (Å²) in [6.07, 6.45) is 0.575. The van der Waals surface area contributed by atoms with E-state index in [9.17, 15) is 20.1 Å². The lowest BCUT2D eigenvalue weighted by molar-refractivity contribution is 0.0713. The Balaban J connectivity index is 2.24. The molecule has 0 spiro atoms. The minimum Gasteiger partial charge on any atom is -0.507 e. The zero-order chi connectivity index (χ0) is 20.6. The molecule has 0 saturated carbocycles. The number of halogens is 1. The third-order valence-electron chi connectivity index (χ3n) is 4.48. The fourth-order valence-corrected chi connectivity index (χ4v) is 3.18. The second-order valence-corrected chi connectivity index (χ2v) is 7.64. The van der Waals surface area contributed by atoms with Crippen LogP contribution in [0, 0.1) is 0 Å². The van der Waals surface area contributed by atoms with Crippen molar-refractivity contribution in [3.8, 4) is 28.6 Å². The molecule has 3 aromatic rings. The number of benzene rings is 2. The number of aliphatic hydroxyl groups is 1. The Labute approximate surface area is 166 Å². The highest BCUT2D eigenvalue weighted by atomic mass is 35.5. The summed E-state index contributed by atoms with van der Waals surface area (Å²) < 4.78 is 11.1. The summed E-state index contributed by atoms with van der Waals surface area (Å²) in [6, 6.07) is 7.31. The van der Waals surface area contributed by atoms with Crippen molar-refractivity contribution in [2.45, 2.75) is 32.3 Å². The second kappa shape index (κ2) is 7.37. The van der Waals surface area contributed by atoms with Gasteiger partial charge in [0, 0.05) is 23.3 Å². The van der Waals surface area contributed by atoms with Crippen molar-refractivity contribution in [2.75, 3.05) is 7.11 Å². The van der Waals surface area contributed by atoms with Crippen LogP contribution in [0.5, 0.6) is 17.2 Å². The minimum absolute atomic E-state index is 0.0202. The number of hydrogen-bond donors (Lipinski definition) is 3. The van der Waals surface area contributed by atoms with E-state index >= 15 is 0 Å². The number of aromatic hydroxyl groups is 2. The molecule has 3 N–H and O–H groups in total. The average molecular weight is 405 g/mol. The van der Waals surface area contributed by atoms with E-state index in [1.165, 1.54) is 13.2 Å². The van der Waals surface area contributed by atoms with Gasteiger partial charge in [0.25, 0.3) is 0 Å². The summed E-state index contributed by atoms with van der Waals surface area (Å²) in [4.78, 5) is 12.7. The minimum atomic E-state index is -0.974. The van der Waals surface area contributed by atoms with Gasteiger partial charge >= 0.3 is 0 Å². The average Bonchev–Trinajstić information content (AvgIpc) is 2.60. The van der Waals surface area contributed by atoms with Crippen molar-refractivity contribution >= 4 is 22.6 Å². The molecule has 6 nitrogen and oxygen atoms in total. The molecule has 1 aromatic heterocycles. The molecule has 28 heavy (non-hydrogen) atoms. The molecule has 0 unspecified atom stereocenters. The van der Waals surface area contributed by atoms with Crippen LogP contribution >= 0.6 is 11.6 Å². The Morgan fingerprint density at radius 2 is 1.86 bits per heavy atom. The number of methoxy groups -OCH3 is 1. The van der Waals surface area contributed by atoms with Gasteiger partial charge in [0.15, 0.2) is 5.43 Å². The van der Waals surface area contributed by atoms with Gasteiger partial charge < -0.3 is 24.5 Å². The molecule has 0 aliphatic carbocycles. The van der Waals surface area contributed by atoms with E-state index in [0.29, 0.717) is 28.3 Å². The van der Waals surface area contributed by atoms with Crippen LogP contribution in [0.3, 0.4) is 0 Å². The Bertz CT molecular complexity index is 1090. The number of hydrogen-bond acceptors (Lipinski definition) is 6. The molecule has 0 bridgehead atoms. The lowest BCUT2D eigenvalue weighted by atomic mass is 9.96. The maximum atomic E-state index is 12.7. The molecule has 0 aliphatic heterocycles. The molecule has 2 aromatic carbocycles. The normalized spacial score (nSPS) is 11.8. The summed E-state index contributed by atoms with van der Waals surface area (Å²) in [5.41, 5.74) is -0.449. The standard InChI is InChI=1S/C21H21ClO6/c1-21(2,26)7-6-12-14(23)9-15(24)19-16(25)10-17(28-20(12)19)11-4-5-13(22)18(8-11)27-3/h4-5,8-10,23-24,26H,6-7H2,1-3H3. The first-order chi connectivity index (χ1) is 13.1. The van der Waals surface area contributed by atoms with Crippen molar-refractivity contribution in [1.82, 2.24) is 0 Å². The molecule has 0 saturated heterocycles. The maximum absolute atomic E-state index is 12.7. The molecule has 3 rings (SSSR count). The Morgan fingerprint density at radius 1 is 1.14 bits per heavy atom. The van der Waals surface area contributed by atoms with Crippen LogP contribution in [0.1, 0.15) is 25.8 Å². The zero-order valence-electron chi connectivity index (χ0n) is 15.7. The van der Waals surface area contributed by atoms with Crippen molar-refractivity contribution in [1.29, 1.82) is 0 Å². The summed E-state index contributed by atoms with van der Waals surface area (Å²) in [7, 11) is 1.48. The van der Waals surface area contributed by atoms with Crippen molar-refractivity contribution in [2.24, 2.45) is 0 Å². The molecule has 148 valence electrons. The van der Waals surface area contributed by atoms with Crippen LogP contribution < -0.4 is 10.2 Å². The maximum Gasteiger partial charge on any atom is 0.197 e. The van der Waals surface area contributed by atoms with Crippen molar-refractivity contribution in [3.05, 3.63) is 51.1 Å². The number of rotatable bonds is 5. The highest BCUT2D eigenvalue weighted by Crippen LogP contribution is 2.37. The molecular formula is C21H21ClO6. The van der Waals surface area contributed by atoms with Gasteiger partial charge in [0.05, 0.1) is 17.7 Å². The van der Waals surface area contributed by atoms with E-state index < -0.39 is 11.0 Å². The quantitative estimate of drug-likeness (QED) is 0.588. The molecule has 0 atom stereocenters. The lowest BCUT2D eigenvalue weighted by Gasteiger charge is -2.18. The van der Waals surface area contributed by atoms with E-state index in [4.69, 9.17) is 20.8 Å². The van der Waals surface area contributed by atoms with Gasteiger partial charge in [-0.05, 0) is 44.9 Å². The first-order valence-electron chi connectivity index (χ1n) is 8.68. The van der Waals surface area contributed by atoms with Gasteiger partial charge in [-0.2, -0.15) is 0 Å². The molecule has 0 fully saturated rings. The van der Waals surface area contributed by atoms with Crippen LogP contribution in [0.2, 0.25) is 5.02 Å².